The van der Waals surface area contributed by atoms with Crippen LogP contribution in [0, 0.1) is 0 Å². The van der Waals surface area contributed by atoms with Crippen molar-refractivity contribution in [1.29, 1.82) is 0 Å². The first-order valence-electron chi connectivity index (χ1n) is 8.84. The number of nitrogens with zero attached hydrogens (tertiary/aromatic N) is 1. The Kier molecular flexibility index (Phi) is 4.70. The van der Waals surface area contributed by atoms with Gasteiger partial charge in [-0.1, -0.05) is 30.3 Å². The van der Waals surface area contributed by atoms with Crippen LogP contribution in [0.5, 0.6) is 5.75 Å². The van der Waals surface area contributed by atoms with Crippen molar-refractivity contribution in [3.05, 3.63) is 77.1 Å². The highest BCUT2D eigenvalue weighted by Gasteiger charge is 2.08. The Morgan fingerprint density at radius 2 is 1.79 bits per heavy atom. The van der Waals surface area contributed by atoms with Gasteiger partial charge in [-0.15, -0.1) is 0 Å². The number of hydrogen-bond donors (Lipinski definition) is 3. The van der Waals surface area contributed by atoms with Crippen LogP contribution < -0.4 is 16.0 Å². The van der Waals surface area contributed by atoms with Gasteiger partial charge in [0.15, 0.2) is 6.61 Å². The molecular formula is C22H17N3O4. The minimum absolute atomic E-state index is 0.259. The fraction of sp³-hybridized carbons (Fsp3) is 0.0455. The van der Waals surface area contributed by atoms with Crippen LogP contribution in [-0.2, 0) is 4.79 Å². The van der Waals surface area contributed by atoms with E-state index in [1.165, 1.54) is 6.07 Å². The van der Waals surface area contributed by atoms with Crippen molar-refractivity contribution in [3.8, 4) is 28.4 Å². The Hall–Kier alpha value is -4.13. The third-order valence-corrected chi connectivity index (χ3v) is 4.37. The van der Waals surface area contributed by atoms with E-state index in [2.05, 4.69) is 9.97 Å². The van der Waals surface area contributed by atoms with Crippen molar-refractivity contribution < 1.29 is 14.6 Å². The van der Waals surface area contributed by atoms with Crippen LogP contribution in [-0.4, -0.2) is 27.7 Å². The third kappa shape index (κ3) is 4.08. The van der Waals surface area contributed by atoms with Gasteiger partial charge in [-0.25, -0.2) is 9.78 Å². The van der Waals surface area contributed by atoms with E-state index in [0.717, 1.165) is 21.9 Å². The fourth-order valence-corrected chi connectivity index (χ4v) is 3.05. The first-order valence-corrected chi connectivity index (χ1v) is 8.84. The molecule has 0 radical (unpaired) electrons. The Morgan fingerprint density at radius 1 is 1.00 bits per heavy atom. The summed E-state index contributed by atoms with van der Waals surface area (Å²) in [7, 11) is 0. The van der Waals surface area contributed by atoms with Gasteiger partial charge >= 0.3 is 5.97 Å². The molecule has 4 rings (SSSR count). The molecular weight excluding hydrogens is 370 g/mol. The van der Waals surface area contributed by atoms with Crippen molar-refractivity contribution in [2.75, 3.05) is 12.3 Å². The molecule has 144 valence electrons. The number of benzene rings is 3. The summed E-state index contributed by atoms with van der Waals surface area (Å²) < 4.78 is 5.21. The van der Waals surface area contributed by atoms with Gasteiger partial charge in [0, 0.05) is 22.9 Å². The number of carboxylic acid groups (broad SMARTS) is 1. The molecule has 0 saturated carbocycles. The number of aromatic nitrogens is 2. The average Bonchev–Trinajstić information content (AvgIpc) is 2.71. The molecule has 4 aromatic rings. The van der Waals surface area contributed by atoms with E-state index >= 15 is 0 Å². The van der Waals surface area contributed by atoms with Crippen LogP contribution in [0.1, 0.15) is 0 Å². The summed E-state index contributed by atoms with van der Waals surface area (Å²) in [5, 5.41) is 10.5. The van der Waals surface area contributed by atoms with Crippen molar-refractivity contribution in [2.45, 2.75) is 0 Å². The zero-order chi connectivity index (χ0) is 20.4. The van der Waals surface area contributed by atoms with Gasteiger partial charge in [0.2, 0.25) is 0 Å². The molecule has 0 atom stereocenters. The number of rotatable bonds is 5. The number of nitrogens with two attached hydrogens (primary N) is 1. The monoisotopic (exact) mass is 387 g/mol. The molecule has 0 saturated heterocycles. The summed E-state index contributed by atoms with van der Waals surface area (Å²) in [5.74, 6) is -0.110. The maximum Gasteiger partial charge on any atom is 0.341 e. The SMILES string of the molecule is Nc1cccc(-c2cc(=O)[nH]c(-c3ccc4cc(OCC(=O)O)ccc4c3)n2)c1. The second kappa shape index (κ2) is 7.47. The smallest absolute Gasteiger partial charge is 0.341 e. The van der Waals surface area contributed by atoms with Gasteiger partial charge in [0.25, 0.3) is 5.56 Å². The number of carbonyl (C=O) groups is 1. The van der Waals surface area contributed by atoms with Crippen molar-refractivity contribution in [2.24, 2.45) is 0 Å². The predicted molar refractivity (Wildman–Crippen MR) is 111 cm³/mol. The van der Waals surface area contributed by atoms with E-state index in [0.29, 0.717) is 23.0 Å². The molecule has 29 heavy (non-hydrogen) atoms. The zero-order valence-electron chi connectivity index (χ0n) is 15.3. The van der Waals surface area contributed by atoms with E-state index in [1.54, 1.807) is 24.3 Å². The number of aliphatic carboxylic acids is 1. The number of carboxylic acids is 1. The first-order chi connectivity index (χ1) is 14.0. The second-order valence-corrected chi connectivity index (χ2v) is 6.51. The van der Waals surface area contributed by atoms with Gasteiger partial charge in [-0.3, -0.25) is 4.79 Å². The van der Waals surface area contributed by atoms with Gasteiger partial charge < -0.3 is 20.6 Å². The summed E-state index contributed by atoms with van der Waals surface area (Å²) in [4.78, 5) is 30.2. The highest BCUT2D eigenvalue weighted by atomic mass is 16.5. The van der Waals surface area contributed by atoms with Gasteiger partial charge in [-0.05, 0) is 41.1 Å². The molecule has 0 fully saturated rings. The topological polar surface area (TPSA) is 118 Å². The molecule has 0 aliphatic heterocycles. The van der Waals surface area contributed by atoms with Crippen molar-refractivity contribution in [1.82, 2.24) is 9.97 Å². The molecule has 0 aliphatic carbocycles. The Labute approximate surface area is 165 Å². The quantitative estimate of drug-likeness (QED) is 0.452. The van der Waals surface area contributed by atoms with E-state index in [4.69, 9.17) is 15.6 Å². The second-order valence-electron chi connectivity index (χ2n) is 6.51. The maximum absolute atomic E-state index is 12.2. The minimum Gasteiger partial charge on any atom is -0.482 e. The lowest BCUT2D eigenvalue weighted by molar-refractivity contribution is -0.139. The molecule has 0 unspecified atom stereocenters. The standard InChI is InChI=1S/C22H17N3O4/c23-17-3-1-2-15(9-17)19-11-20(26)25-22(24-19)16-5-4-14-10-18(29-12-21(27)28)7-6-13(14)8-16/h1-11H,12,23H2,(H,27,28)(H,24,25,26). The summed E-state index contributed by atoms with van der Waals surface area (Å²) in [6.45, 7) is -0.397. The molecule has 0 aliphatic rings. The number of nitrogen functional groups attached to an aromatic ring is 1. The molecule has 0 spiro atoms. The van der Waals surface area contributed by atoms with Crippen LogP contribution in [0.3, 0.4) is 0 Å². The molecule has 0 amide bonds. The number of H-pyrrole nitrogens is 1. The van der Waals surface area contributed by atoms with Crippen LogP contribution in [0.2, 0.25) is 0 Å². The number of fused-ring (bicyclic) bond motifs is 1. The largest absolute Gasteiger partial charge is 0.482 e. The lowest BCUT2D eigenvalue weighted by Gasteiger charge is -2.08. The van der Waals surface area contributed by atoms with E-state index < -0.39 is 12.6 Å². The van der Waals surface area contributed by atoms with Crippen molar-refractivity contribution >= 4 is 22.4 Å². The average molecular weight is 387 g/mol. The Bertz CT molecular complexity index is 1280. The third-order valence-electron chi connectivity index (χ3n) is 4.37. The maximum atomic E-state index is 12.2. The lowest BCUT2D eigenvalue weighted by atomic mass is 10.1. The minimum atomic E-state index is -1.03. The molecule has 3 aromatic carbocycles. The van der Waals surface area contributed by atoms with Crippen molar-refractivity contribution in [3.63, 3.8) is 0 Å². The number of aromatic amines is 1. The van der Waals surface area contributed by atoms with Crippen LogP contribution in [0.15, 0.2) is 71.5 Å². The molecule has 4 N–H and O–H groups in total. The first kappa shape index (κ1) is 18.2. The van der Waals surface area contributed by atoms with Crippen LogP contribution in [0.4, 0.5) is 5.69 Å². The predicted octanol–water partition coefficient (Wildman–Crippen LogP) is 3.30. The van der Waals surface area contributed by atoms with Crippen LogP contribution >= 0.6 is 0 Å². The van der Waals surface area contributed by atoms with Crippen LogP contribution in [0.25, 0.3) is 33.4 Å². The fourth-order valence-electron chi connectivity index (χ4n) is 3.05. The number of hydrogen-bond acceptors (Lipinski definition) is 5. The summed E-state index contributed by atoms with van der Waals surface area (Å²) >= 11 is 0. The molecule has 1 aromatic heterocycles. The Balaban J connectivity index is 1.71. The molecule has 0 bridgehead atoms. The molecule has 7 heteroatoms. The Morgan fingerprint density at radius 3 is 2.59 bits per heavy atom. The van der Waals surface area contributed by atoms with E-state index in [-0.39, 0.29) is 5.56 Å². The number of anilines is 1. The summed E-state index contributed by atoms with van der Waals surface area (Å²) in [5.41, 5.74) is 8.22. The zero-order valence-corrected chi connectivity index (χ0v) is 15.3. The number of ether oxygens (including phenoxy) is 1. The van der Waals surface area contributed by atoms with Gasteiger partial charge in [0.05, 0.1) is 5.69 Å². The van der Waals surface area contributed by atoms with E-state index in [9.17, 15) is 9.59 Å². The lowest BCUT2D eigenvalue weighted by Crippen LogP contribution is -2.09. The molecule has 7 nitrogen and oxygen atoms in total. The number of nitrogens with one attached hydrogen (secondary N) is 1. The normalized spacial score (nSPS) is 10.8. The van der Waals surface area contributed by atoms with Gasteiger partial charge in [-0.2, -0.15) is 0 Å². The summed E-state index contributed by atoms with van der Waals surface area (Å²) in [6.07, 6.45) is 0. The highest BCUT2D eigenvalue weighted by Crippen LogP contribution is 2.26. The van der Waals surface area contributed by atoms with Gasteiger partial charge in [0.1, 0.15) is 11.6 Å². The highest BCUT2D eigenvalue weighted by molar-refractivity contribution is 5.87. The molecule has 1 heterocycles. The summed E-state index contributed by atoms with van der Waals surface area (Å²) in [6, 6.07) is 19.5. The van der Waals surface area contributed by atoms with E-state index in [1.807, 2.05) is 36.4 Å².